The lowest BCUT2D eigenvalue weighted by atomic mass is 9.91. The van der Waals surface area contributed by atoms with Crippen LogP contribution in [0, 0.1) is 0 Å². The maximum Gasteiger partial charge on any atom is 0.103 e. The lowest BCUT2D eigenvalue weighted by molar-refractivity contribution is 0.0431. The summed E-state index contributed by atoms with van der Waals surface area (Å²) in [5.41, 5.74) is 5.62. The second-order valence-corrected chi connectivity index (χ2v) is 6.76. The zero-order valence-electron chi connectivity index (χ0n) is 11.4. The quantitative estimate of drug-likeness (QED) is 0.769. The third-order valence-corrected chi connectivity index (χ3v) is 5.06. The van der Waals surface area contributed by atoms with Gasteiger partial charge in [-0.1, -0.05) is 53.5 Å². The molecule has 3 N–H and O–H groups in total. The Balaban J connectivity index is 1.99. The van der Waals surface area contributed by atoms with Crippen molar-refractivity contribution in [1.82, 2.24) is 0 Å². The van der Waals surface area contributed by atoms with Gasteiger partial charge in [0.15, 0.2) is 0 Å². The lowest BCUT2D eigenvalue weighted by Crippen LogP contribution is -2.35. The van der Waals surface area contributed by atoms with Gasteiger partial charge in [0.25, 0.3) is 0 Å². The summed E-state index contributed by atoms with van der Waals surface area (Å²) in [5.74, 6) is 0.737. The Hall–Kier alpha value is -0.710. The van der Waals surface area contributed by atoms with Gasteiger partial charge in [0, 0.05) is 17.2 Å². The molecule has 2 aromatic rings. The molecule has 0 radical (unpaired) electrons. The molecule has 21 heavy (non-hydrogen) atoms. The van der Waals surface area contributed by atoms with Gasteiger partial charge < -0.3 is 10.8 Å². The molecule has 2 aromatic carbocycles. The van der Waals surface area contributed by atoms with Crippen molar-refractivity contribution in [2.75, 3.05) is 12.3 Å². The molecule has 112 valence electrons. The van der Waals surface area contributed by atoms with Gasteiger partial charge in [-0.25, -0.2) is 0 Å². The SMILES string of the molecule is NCC(O)(CCSc1ccc(Cl)c(Cl)c1)c1ccccc1. The Morgan fingerprint density at radius 3 is 2.38 bits per heavy atom. The number of hydrogen-bond acceptors (Lipinski definition) is 3. The molecule has 0 saturated carbocycles. The van der Waals surface area contributed by atoms with E-state index in [0.717, 1.165) is 16.2 Å². The minimum absolute atomic E-state index is 0.193. The second kappa shape index (κ2) is 7.52. The standard InChI is InChI=1S/C16H17Cl2NOS/c17-14-7-6-13(10-15(14)18)21-9-8-16(20,11-19)12-4-2-1-3-5-12/h1-7,10,20H,8-9,11,19H2. The molecule has 0 saturated heterocycles. The average Bonchev–Trinajstić information content (AvgIpc) is 2.51. The summed E-state index contributed by atoms with van der Waals surface area (Å²) >= 11 is 13.5. The third kappa shape index (κ3) is 4.38. The lowest BCUT2D eigenvalue weighted by Gasteiger charge is -2.27. The fraction of sp³-hybridized carbons (Fsp3) is 0.250. The predicted molar refractivity (Wildman–Crippen MR) is 91.2 cm³/mol. The molecule has 2 nitrogen and oxygen atoms in total. The van der Waals surface area contributed by atoms with E-state index < -0.39 is 5.60 Å². The van der Waals surface area contributed by atoms with Crippen molar-refractivity contribution in [2.24, 2.45) is 5.73 Å². The Bertz CT molecular complexity index is 594. The van der Waals surface area contributed by atoms with Gasteiger partial charge >= 0.3 is 0 Å². The maximum atomic E-state index is 10.7. The van der Waals surface area contributed by atoms with Crippen LogP contribution in [0.2, 0.25) is 10.0 Å². The first-order chi connectivity index (χ1) is 10.0. The summed E-state index contributed by atoms with van der Waals surface area (Å²) in [7, 11) is 0. The molecule has 0 aliphatic heterocycles. The summed E-state index contributed by atoms with van der Waals surface area (Å²) in [5, 5.41) is 11.8. The minimum Gasteiger partial charge on any atom is -0.384 e. The van der Waals surface area contributed by atoms with Crippen LogP contribution in [-0.2, 0) is 5.60 Å². The molecule has 0 bridgehead atoms. The number of benzene rings is 2. The van der Waals surface area contributed by atoms with Crippen LogP contribution >= 0.6 is 35.0 Å². The fourth-order valence-electron chi connectivity index (χ4n) is 2.02. The average molecular weight is 342 g/mol. The van der Waals surface area contributed by atoms with Crippen LogP contribution in [0.15, 0.2) is 53.4 Å². The third-order valence-electron chi connectivity index (χ3n) is 3.32. The summed E-state index contributed by atoms with van der Waals surface area (Å²) in [6, 6.07) is 15.1. The largest absolute Gasteiger partial charge is 0.384 e. The molecule has 0 spiro atoms. The van der Waals surface area contributed by atoms with E-state index in [2.05, 4.69) is 0 Å². The number of hydrogen-bond donors (Lipinski definition) is 2. The molecule has 0 heterocycles. The Morgan fingerprint density at radius 2 is 1.76 bits per heavy atom. The Labute approximate surface area is 139 Å². The molecule has 0 fully saturated rings. The Kier molecular flexibility index (Phi) is 5.97. The smallest absolute Gasteiger partial charge is 0.103 e. The van der Waals surface area contributed by atoms with Crippen molar-refractivity contribution in [3.63, 3.8) is 0 Å². The zero-order valence-corrected chi connectivity index (χ0v) is 13.8. The van der Waals surface area contributed by atoms with Crippen LogP contribution < -0.4 is 5.73 Å². The van der Waals surface area contributed by atoms with Gasteiger partial charge in [-0.2, -0.15) is 0 Å². The maximum absolute atomic E-state index is 10.7. The summed E-state index contributed by atoms with van der Waals surface area (Å²) in [4.78, 5) is 1.02. The number of nitrogens with two attached hydrogens (primary N) is 1. The topological polar surface area (TPSA) is 46.2 Å². The van der Waals surface area contributed by atoms with E-state index in [0.29, 0.717) is 16.5 Å². The molecule has 0 aliphatic carbocycles. The van der Waals surface area contributed by atoms with E-state index in [1.807, 2.05) is 42.5 Å². The van der Waals surface area contributed by atoms with Crippen LogP contribution in [0.4, 0.5) is 0 Å². The number of thioether (sulfide) groups is 1. The van der Waals surface area contributed by atoms with Gasteiger partial charge in [-0.3, -0.25) is 0 Å². The van der Waals surface area contributed by atoms with Crippen molar-refractivity contribution in [3.05, 3.63) is 64.1 Å². The fourth-order valence-corrected chi connectivity index (χ4v) is 3.42. The van der Waals surface area contributed by atoms with E-state index in [1.54, 1.807) is 17.8 Å². The van der Waals surface area contributed by atoms with E-state index in [1.165, 1.54) is 0 Å². The molecule has 5 heteroatoms. The van der Waals surface area contributed by atoms with Crippen LogP contribution in [0.5, 0.6) is 0 Å². The predicted octanol–water partition coefficient (Wildman–Crippen LogP) is 4.32. The second-order valence-electron chi connectivity index (χ2n) is 4.78. The molecule has 2 rings (SSSR count). The molecular formula is C16H17Cl2NOS. The van der Waals surface area contributed by atoms with Crippen LogP contribution in [-0.4, -0.2) is 17.4 Å². The van der Waals surface area contributed by atoms with Crippen molar-refractivity contribution in [2.45, 2.75) is 16.9 Å². The van der Waals surface area contributed by atoms with Gasteiger partial charge in [-0.05, 0) is 30.2 Å². The van der Waals surface area contributed by atoms with E-state index in [4.69, 9.17) is 28.9 Å². The van der Waals surface area contributed by atoms with E-state index >= 15 is 0 Å². The highest BCUT2D eigenvalue weighted by atomic mass is 35.5. The first kappa shape index (κ1) is 16.7. The van der Waals surface area contributed by atoms with E-state index in [-0.39, 0.29) is 6.54 Å². The molecule has 0 amide bonds. The highest BCUT2D eigenvalue weighted by Crippen LogP contribution is 2.31. The highest BCUT2D eigenvalue weighted by Gasteiger charge is 2.26. The summed E-state index contributed by atoms with van der Waals surface area (Å²) in [6.45, 7) is 0.193. The summed E-state index contributed by atoms with van der Waals surface area (Å²) < 4.78 is 0. The normalized spacial score (nSPS) is 13.9. The van der Waals surface area contributed by atoms with Crippen LogP contribution in [0.3, 0.4) is 0 Å². The number of aliphatic hydroxyl groups is 1. The van der Waals surface area contributed by atoms with Crippen molar-refractivity contribution < 1.29 is 5.11 Å². The molecular weight excluding hydrogens is 325 g/mol. The zero-order chi connectivity index (χ0) is 15.3. The van der Waals surface area contributed by atoms with Gasteiger partial charge in [-0.15, -0.1) is 11.8 Å². The Morgan fingerprint density at radius 1 is 1.05 bits per heavy atom. The first-order valence-corrected chi connectivity index (χ1v) is 8.35. The number of rotatable bonds is 6. The van der Waals surface area contributed by atoms with Crippen LogP contribution in [0.25, 0.3) is 0 Å². The van der Waals surface area contributed by atoms with Crippen molar-refractivity contribution in [3.8, 4) is 0 Å². The first-order valence-electron chi connectivity index (χ1n) is 6.61. The molecule has 0 aromatic heterocycles. The van der Waals surface area contributed by atoms with Gasteiger partial charge in [0.2, 0.25) is 0 Å². The monoisotopic (exact) mass is 341 g/mol. The number of halogens is 2. The summed E-state index contributed by atoms with van der Waals surface area (Å²) in [6.07, 6.45) is 0.568. The van der Waals surface area contributed by atoms with Gasteiger partial charge in [0.05, 0.1) is 10.0 Å². The van der Waals surface area contributed by atoms with Crippen molar-refractivity contribution in [1.29, 1.82) is 0 Å². The molecule has 1 atom stereocenters. The van der Waals surface area contributed by atoms with Crippen molar-refractivity contribution >= 4 is 35.0 Å². The molecule has 0 aliphatic rings. The highest BCUT2D eigenvalue weighted by molar-refractivity contribution is 7.99. The molecule has 1 unspecified atom stereocenters. The van der Waals surface area contributed by atoms with E-state index in [9.17, 15) is 5.11 Å². The van der Waals surface area contributed by atoms with Gasteiger partial charge in [0.1, 0.15) is 5.60 Å². The van der Waals surface area contributed by atoms with Crippen LogP contribution in [0.1, 0.15) is 12.0 Å². The minimum atomic E-state index is -0.996.